The zero-order valence-corrected chi connectivity index (χ0v) is 11.2. The van der Waals surface area contributed by atoms with E-state index in [4.69, 9.17) is 9.15 Å². The van der Waals surface area contributed by atoms with Gasteiger partial charge in [0.2, 0.25) is 11.6 Å². The lowest BCUT2D eigenvalue weighted by molar-refractivity contribution is 0.263. The number of hydrogen-bond acceptors (Lipinski definition) is 4. The van der Waals surface area contributed by atoms with Crippen LogP contribution in [0.2, 0.25) is 0 Å². The van der Waals surface area contributed by atoms with Crippen LogP contribution in [0.4, 0.5) is 4.39 Å². The summed E-state index contributed by atoms with van der Waals surface area (Å²) in [6.07, 6.45) is 1.10. The zero-order valence-electron chi connectivity index (χ0n) is 11.2. The van der Waals surface area contributed by atoms with Crippen LogP contribution in [-0.4, -0.2) is 9.97 Å². The average molecular weight is 272 g/mol. The molecule has 0 spiro atoms. The monoisotopic (exact) mass is 272 g/mol. The number of halogens is 1. The van der Waals surface area contributed by atoms with Crippen LogP contribution in [0.25, 0.3) is 11.2 Å². The summed E-state index contributed by atoms with van der Waals surface area (Å²) in [4.78, 5) is 7.99. The number of aryl methyl sites for hydroxylation is 2. The van der Waals surface area contributed by atoms with Crippen LogP contribution in [0.15, 0.2) is 34.9 Å². The number of oxazole rings is 1. The van der Waals surface area contributed by atoms with E-state index in [1.165, 1.54) is 6.07 Å². The van der Waals surface area contributed by atoms with E-state index in [0.717, 1.165) is 23.1 Å². The third-order valence-corrected chi connectivity index (χ3v) is 3.01. The van der Waals surface area contributed by atoms with Crippen LogP contribution in [0.3, 0.4) is 0 Å². The lowest BCUT2D eigenvalue weighted by Crippen LogP contribution is -1.98. The van der Waals surface area contributed by atoms with Crippen molar-refractivity contribution in [3.63, 3.8) is 0 Å². The molecule has 5 heteroatoms. The Balaban J connectivity index is 1.83. The van der Waals surface area contributed by atoms with E-state index in [1.54, 1.807) is 0 Å². The lowest BCUT2D eigenvalue weighted by Gasteiger charge is -2.09. The van der Waals surface area contributed by atoms with Gasteiger partial charge in [0, 0.05) is 6.07 Å². The van der Waals surface area contributed by atoms with Gasteiger partial charge in [0.05, 0.1) is 6.20 Å². The van der Waals surface area contributed by atoms with Crippen molar-refractivity contribution in [3.8, 4) is 5.75 Å². The highest BCUT2D eigenvalue weighted by molar-refractivity contribution is 5.67. The number of aromatic nitrogens is 2. The van der Waals surface area contributed by atoms with E-state index in [2.05, 4.69) is 9.97 Å². The molecule has 0 aliphatic rings. The highest BCUT2D eigenvalue weighted by Gasteiger charge is 2.10. The molecule has 2 heterocycles. The first-order chi connectivity index (χ1) is 9.63. The minimum absolute atomic E-state index is 0.184. The van der Waals surface area contributed by atoms with Gasteiger partial charge in [-0.15, -0.1) is 0 Å². The molecule has 2 aromatic heterocycles. The standard InChI is InChI=1S/C15H13FN2O2/c1-9-4-3-5-10(2)14(9)19-8-13-18-12-6-11(16)7-17-15(12)20-13/h3-7H,8H2,1-2H3. The Morgan fingerprint density at radius 2 is 2.00 bits per heavy atom. The summed E-state index contributed by atoms with van der Waals surface area (Å²) in [5.41, 5.74) is 2.80. The molecule has 0 unspecified atom stereocenters. The van der Waals surface area contributed by atoms with Crippen molar-refractivity contribution in [2.24, 2.45) is 0 Å². The Kier molecular flexibility index (Phi) is 3.10. The van der Waals surface area contributed by atoms with Crippen LogP contribution in [0.5, 0.6) is 5.75 Å². The van der Waals surface area contributed by atoms with Crippen molar-refractivity contribution in [1.82, 2.24) is 9.97 Å². The molecular weight excluding hydrogens is 259 g/mol. The molecule has 0 saturated carbocycles. The molecule has 20 heavy (non-hydrogen) atoms. The number of nitrogens with zero attached hydrogens (tertiary/aromatic N) is 2. The second kappa shape index (κ2) is 4.92. The van der Waals surface area contributed by atoms with Crippen molar-refractivity contribution in [3.05, 3.63) is 53.3 Å². The highest BCUT2D eigenvalue weighted by Crippen LogP contribution is 2.24. The number of benzene rings is 1. The summed E-state index contributed by atoms with van der Waals surface area (Å²) in [7, 11) is 0. The van der Waals surface area contributed by atoms with Gasteiger partial charge >= 0.3 is 0 Å². The fraction of sp³-hybridized carbons (Fsp3) is 0.200. The summed E-state index contributed by atoms with van der Waals surface area (Å²) in [6, 6.07) is 7.22. The van der Waals surface area contributed by atoms with E-state index < -0.39 is 5.82 Å². The summed E-state index contributed by atoms with van der Waals surface area (Å²) >= 11 is 0. The Hall–Kier alpha value is -2.43. The number of hydrogen-bond donors (Lipinski definition) is 0. The van der Waals surface area contributed by atoms with Gasteiger partial charge < -0.3 is 9.15 Å². The van der Waals surface area contributed by atoms with Crippen molar-refractivity contribution < 1.29 is 13.5 Å². The first kappa shape index (κ1) is 12.6. The third-order valence-electron chi connectivity index (χ3n) is 3.01. The van der Waals surface area contributed by atoms with Crippen molar-refractivity contribution >= 4 is 11.2 Å². The molecule has 102 valence electrons. The molecule has 0 fully saturated rings. The lowest BCUT2D eigenvalue weighted by atomic mass is 10.1. The highest BCUT2D eigenvalue weighted by atomic mass is 19.1. The van der Waals surface area contributed by atoms with E-state index >= 15 is 0 Å². The van der Waals surface area contributed by atoms with Crippen LogP contribution in [-0.2, 0) is 6.61 Å². The van der Waals surface area contributed by atoms with E-state index in [9.17, 15) is 4.39 Å². The maximum Gasteiger partial charge on any atom is 0.247 e. The molecule has 0 bridgehead atoms. The van der Waals surface area contributed by atoms with Gasteiger partial charge in [-0.1, -0.05) is 18.2 Å². The number of pyridine rings is 1. The largest absolute Gasteiger partial charge is 0.483 e. The van der Waals surface area contributed by atoms with Crippen molar-refractivity contribution in [1.29, 1.82) is 0 Å². The number of ether oxygens (including phenoxy) is 1. The Morgan fingerprint density at radius 3 is 2.75 bits per heavy atom. The second-order valence-electron chi connectivity index (χ2n) is 4.60. The second-order valence-corrected chi connectivity index (χ2v) is 4.60. The van der Waals surface area contributed by atoms with Gasteiger partial charge in [-0.25, -0.2) is 14.4 Å². The third kappa shape index (κ3) is 2.34. The smallest absolute Gasteiger partial charge is 0.247 e. The molecule has 1 aromatic carbocycles. The minimum atomic E-state index is -0.437. The zero-order chi connectivity index (χ0) is 14.1. The average Bonchev–Trinajstić information content (AvgIpc) is 2.80. The van der Waals surface area contributed by atoms with Crippen molar-refractivity contribution in [2.45, 2.75) is 20.5 Å². The topological polar surface area (TPSA) is 48.2 Å². The first-order valence-electron chi connectivity index (χ1n) is 6.23. The molecule has 0 radical (unpaired) electrons. The van der Waals surface area contributed by atoms with Crippen LogP contribution in [0, 0.1) is 19.7 Å². The van der Waals surface area contributed by atoms with E-state index in [-0.39, 0.29) is 6.61 Å². The fourth-order valence-electron chi connectivity index (χ4n) is 2.07. The van der Waals surface area contributed by atoms with Gasteiger partial charge in [0.15, 0.2) is 6.61 Å². The minimum Gasteiger partial charge on any atom is -0.483 e. The maximum absolute atomic E-state index is 13.0. The number of rotatable bonds is 3. The van der Waals surface area contributed by atoms with E-state index in [0.29, 0.717) is 17.1 Å². The summed E-state index contributed by atoms with van der Waals surface area (Å²) in [6.45, 7) is 4.14. The summed E-state index contributed by atoms with van der Waals surface area (Å²) < 4.78 is 24.2. The van der Waals surface area contributed by atoms with E-state index in [1.807, 2.05) is 32.0 Å². The molecule has 3 aromatic rings. The predicted molar refractivity (Wildman–Crippen MR) is 72.0 cm³/mol. The Morgan fingerprint density at radius 1 is 1.25 bits per heavy atom. The SMILES string of the molecule is Cc1cccc(C)c1OCc1nc2cc(F)cnc2o1. The molecule has 0 atom stereocenters. The van der Waals surface area contributed by atoms with Crippen molar-refractivity contribution in [2.75, 3.05) is 0 Å². The van der Waals surface area contributed by atoms with Gasteiger partial charge in [0.1, 0.15) is 17.1 Å². The first-order valence-corrected chi connectivity index (χ1v) is 6.23. The van der Waals surface area contributed by atoms with Crippen LogP contribution >= 0.6 is 0 Å². The fourth-order valence-corrected chi connectivity index (χ4v) is 2.07. The molecule has 3 rings (SSSR count). The van der Waals surface area contributed by atoms with Crippen LogP contribution < -0.4 is 4.74 Å². The summed E-state index contributed by atoms with van der Waals surface area (Å²) in [5, 5.41) is 0. The molecule has 0 aliphatic carbocycles. The van der Waals surface area contributed by atoms with Gasteiger partial charge in [-0.05, 0) is 25.0 Å². The Labute approximate surface area is 115 Å². The molecule has 0 saturated heterocycles. The number of para-hydroxylation sites is 1. The molecule has 0 aliphatic heterocycles. The molecule has 4 nitrogen and oxygen atoms in total. The quantitative estimate of drug-likeness (QED) is 0.731. The van der Waals surface area contributed by atoms with Gasteiger partial charge in [0.25, 0.3) is 0 Å². The van der Waals surface area contributed by atoms with Gasteiger partial charge in [-0.2, -0.15) is 0 Å². The summed E-state index contributed by atoms with van der Waals surface area (Å²) in [5.74, 6) is 0.752. The maximum atomic E-state index is 13.0. The molecular formula is C15H13FN2O2. The normalized spacial score (nSPS) is 10.9. The molecule has 0 N–H and O–H groups in total. The predicted octanol–water partition coefficient (Wildman–Crippen LogP) is 3.56. The van der Waals surface area contributed by atoms with Gasteiger partial charge in [-0.3, -0.25) is 0 Å². The molecule has 0 amide bonds. The van der Waals surface area contributed by atoms with Crippen LogP contribution in [0.1, 0.15) is 17.0 Å². The number of fused-ring (bicyclic) bond motifs is 1. The Bertz CT molecular complexity index is 747.